The van der Waals surface area contributed by atoms with E-state index in [2.05, 4.69) is 36.8 Å². The summed E-state index contributed by atoms with van der Waals surface area (Å²) in [4.78, 5) is 29.7. The Balaban J connectivity index is 2.13. The fraction of sp³-hybridized carbons (Fsp3) is 0. The van der Waals surface area contributed by atoms with Crippen molar-refractivity contribution in [1.82, 2.24) is 4.98 Å². The first kappa shape index (κ1) is 12.5. The van der Waals surface area contributed by atoms with E-state index in [0.717, 1.165) is 13.8 Å². The molecular weight excluding hydrogens is 376 g/mol. The molecule has 0 fully saturated rings. The second-order valence-corrected chi connectivity index (χ2v) is 5.80. The van der Waals surface area contributed by atoms with Crippen LogP contribution in [-0.4, -0.2) is 16.8 Å². The summed E-state index contributed by atoms with van der Waals surface area (Å²) in [6, 6.07) is 8.39. The molecule has 0 unspecified atom stereocenters. The molecule has 0 spiro atoms. The van der Waals surface area contributed by atoms with Gasteiger partial charge in [-0.3, -0.25) is 9.59 Å². The Labute approximate surface area is 125 Å². The summed E-state index contributed by atoms with van der Waals surface area (Å²) < 4.78 is 1.52. The van der Waals surface area contributed by atoms with Gasteiger partial charge in [0.05, 0.1) is 11.1 Å². The third-order valence-corrected chi connectivity index (χ3v) is 3.77. The molecule has 3 rings (SSSR count). The van der Waals surface area contributed by atoms with Crippen LogP contribution in [0.25, 0.3) is 0 Å². The third kappa shape index (κ3) is 2.01. The number of benzene rings is 1. The maximum atomic E-state index is 12.3. The maximum absolute atomic E-state index is 12.3. The van der Waals surface area contributed by atoms with Crippen LogP contribution >= 0.6 is 31.9 Å². The number of hydrogen-bond acceptors (Lipinski definition) is 3. The van der Waals surface area contributed by atoms with Gasteiger partial charge in [-0.05, 0) is 30.3 Å². The lowest BCUT2D eigenvalue weighted by atomic mass is 10.1. The third-order valence-electron chi connectivity index (χ3n) is 2.79. The van der Waals surface area contributed by atoms with Crippen LogP contribution in [0.1, 0.15) is 20.7 Å². The molecule has 0 N–H and O–H groups in total. The quantitative estimate of drug-likeness (QED) is 0.711. The van der Waals surface area contributed by atoms with Gasteiger partial charge >= 0.3 is 0 Å². The van der Waals surface area contributed by atoms with Gasteiger partial charge in [-0.25, -0.2) is 9.88 Å². The molecule has 0 saturated carbocycles. The number of amides is 2. The van der Waals surface area contributed by atoms with E-state index in [4.69, 9.17) is 0 Å². The summed E-state index contributed by atoms with van der Waals surface area (Å²) in [5.74, 6) is -0.387. The van der Waals surface area contributed by atoms with E-state index in [0.29, 0.717) is 16.9 Å². The van der Waals surface area contributed by atoms with Gasteiger partial charge in [0.1, 0.15) is 5.82 Å². The smallest absolute Gasteiger partial charge is 0.267 e. The van der Waals surface area contributed by atoms with E-state index in [-0.39, 0.29) is 11.8 Å². The Morgan fingerprint density at radius 2 is 1.58 bits per heavy atom. The molecule has 1 aromatic heterocycles. The fourth-order valence-corrected chi connectivity index (χ4v) is 2.62. The van der Waals surface area contributed by atoms with Crippen LogP contribution in [0.3, 0.4) is 0 Å². The van der Waals surface area contributed by atoms with Crippen molar-refractivity contribution in [3.05, 3.63) is 56.6 Å². The minimum Gasteiger partial charge on any atom is -0.268 e. The molecule has 94 valence electrons. The molecule has 0 atom stereocenters. The van der Waals surface area contributed by atoms with Crippen molar-refractivity contribution in [2.24, 2.45) is 0 Å². The molecular formula is C13H6Br2N2O2. The second-order valence-electron chi connectivity index (χ2n) is 3.97. The van der Waals surface area contributed by atoms with Crippen molar-refractivity contribution in [1.29, 1.82) is 0 Å². The molecule has 4 nitrogen and oxygen atoms in total. The Morgan fingerprint density at radius 1 is 0.895 bits per heavy atom. The minimum atomic E-state index is -0.355. The standard InChI is InChI=1S/C13H6Br2N2O2/c14-7-1-2-9-10(5-7)13(19)17(12(9)18)11-6-8(15)3-4-16-11/h1-6H. The fourth-order valence-electron chi connectivity index (χ4n) is 1.94. The first-order chi connectivity index (χ1) is 9.08. The highest BCUT2D eigenvalue weighted by molar-refractivity contribution is 9.10. The molecule has 0 aliphatic carbocycles. The van der Waals surface area contributed by atoms with Gasteiger partial charge in [-0.2, -0.15) is 0 Å². The minimum absolute atomic E-state index is 0.316. The van der Waals surface area contributed by atoms with Gasteiger partial charge in [-0.15, -0.1) is 0 Å². The van der Waals surface area contributed by atoms with E-state index >= 15 is 0 Å². The second kappa shape index (κ2) is 4.54. The Bertz CT molecular complexity index is 716. The summed E-state index contributed by atoms with van der Waals surface area (Å²) in [7, 11) is 0. The van der Waals surface area contributed by atoms with E-state index in [1.807, 2.05) is 0 Å². The van der Waals surface area contributed by atoms with Crippen molar-refractivity contribution in [3.63, 3.8) is 0 Å². The van der Waals surface area contributed by atoms with Crippen LogP contribution < -0.4 is 4.90 Å². The zero-order valence-electron chi connectivity index (χ0n) is 9.43. The summed E-state index contributed by atoms with van der Waals surface area (Å²) >= 11 is 6.59. The van der Waals surface area contributed by atoms with Crippen molar-refractivity contribution in [2.75, 3.05) is 4.90 Å². The molecule has 2 aromatic rings. The number of pyridine rings is 1. The van der Waals surface area contributed by atoms with E-state index in [1.54, 1.807) is 36.5 Å². The molecule has 0 radical (unpaired) electrons. The number of imide groups is 1. The maximum Gasteiger partial charge on any atom is 0.267 e. The largest absolute Gasteiger partial charge is 0.268 e. The van der Waals surface area contributed by atoms with Crippen molar-refractivity contribution >= 4 is 49.5 Å². The average molecular weight is 382 g/mol. The van der Waals surface area contributed by atoms with Crippen LogP contribution in [0.2, 0.25) is 0 Å². The number of rotatable bonds is 1. The molecule has 1 aromatic carbocycles. The molecule has 1 aliphatic heterocycles. The Morgan fingerprint density at radius 3 is 2.32 bits per heavy atom. The van der Waals surface area contributed by atoms with E-state index < -0.39 is 0 Å². The molecule has 0 saturated heterocycles. The van der Waals surface area contributed by atoms with E-state index in [9.17, 15) is 9.59 Å². The van der Waals surface area contributed by atoms with Crippen LogP contribution in [-0.2, 0) is 0 Å². The van der Waals surface area contributed by atoms with Crippen LogP contribution in [0.15, 0.2) is 45.5 Å². The number of halogens is 2. The average Bonchev–Trinajstić information content (AvgIpc) is 2.61. The van der Waals surface area contributed by atoms with Crippen LogP contribution in [0.4, 0.5) is 5.82 Å². The topological polar surface area (TPSA) is 50.3 Å². The zero-order chi connectivity index (χ0) is 13.6. The molecule has 2 heterocycles. The number of aromatic nitrogens is 1. The monoisotopic (exact) mass is 380 g/mol. The normalized spacial score (nSPS) is 13.9. The molecule has 0 bridgehead atoms. The van der Waals surface area contributed by atoms with Gasteiger partial charge in [0, 0.05) is 15.1 Å². The number of anilines is 1. The lowest BCUT2D eigenvalue weighted by Crippen LogP contribution is -2.30. The predicted molar refractivity (Wildman–Crippen MR) is 77.2 cm³/mol. The van der Waals surface area contributed by atoms with Crippen LogP contribution in [0, 0.1) is 0 Å². The highest BCUT2D eigenvalue weighted by Crippen LogP contribution is 2.30. The highest BCUT2D eigenvalue weighted by Gasteiger charge is 2.37. The highest BCUT2D eigenvalue weighted by atomic mass is 79.9. The molecule has 1 aliphatic rings. The lowest BCUT2D eigenvalue weighted by molar-refractivity contribution is 0.0925. The SMILES string of the molecule is O=C1c2ccc(Br)cc2C(=O)N1c1cc(Br)ccn1. The van der Waals surface area contributed by atoms with Crippen molar-refractivity contribution in [2.45, 2.75) is 0 Å². The van der Waals surface area contributed by atoms with Crippen molar-refractivity contribution in [3.8, 4) is 0 Å². The van der Waals surface area contributed by atoms with Gasteiger partial charge in [0.15, 0.2) is 0 Å². The summed E-state index contributed by atoms with van der Waals surface area (Å²) in [5, 5.41) is 0. The van der Waals surface area contributed by atoms with Gasteiger partial charge < -0.3 is 0 Å². The van der Waals surface area contributed by atoms with Gasteiger partial charge in [-0.1, -0.05) is 31.9 Å². The van der Waals surface area contributed by atoms with E-state index in [1.165, 1.54) is 0 Å². The first-order valence-corrected chi connectivity index (χ1v) is 6.96. The summed E-state index contributed by atoms with van der Waals surface area (Å²) in [6.45, 7) is 0. The Hall–Kier alpha value is -1.53. The number of hydrogen-bond donors (Lipinski definition) is 0. The van der Waals surface area contributed by atoms with Gasteiger partial charge in [0.25, 0.3) is 11.8 Å². The first-order valence-electron chi connectivity index (χ1n) is 5.38. The number of fused-ring (bicyclic) bond motifs is 1. The van der Waals surface area contributed by atoms with Crippen LogP contribution in [0.5, 0.6) is 0 Å². The molecule has 6 heteroatoms. The number of nitrogens with zero attached hydrogens (tertiary/aromatic N) is 2. The molecule has 2 amide bonds. The molecule has 19 heavy (non-hydrogen) atoms. The number of carbonyl (C=O) groups excluding carboxylic acids is 2. The number of carbonyl (C=O) groups is 2. The zero-order valence-corrected chi connectivity index (χ0v) is 12.6. The van der Waals surface area contributed by atoms with Gasteiger partial charge in [0.2, 0.25) is 0 Å². The summed E-state index contributed by atoms with van der Waals surface area (Å²) in [6.07, 6.45) is 1.54. The summed E-state index contributed by atoms with van der Waals surface area (Å²) in [5.41, 5.74) is 0.788. The lowest BCUT2D eigenvalue weighted by Gasteiger charge is -2.12. The predicted octanol–water partition coefficient (Wildman–Crippen LogP) is 3.41. The Kier molecular flexibility index (Phi) is 2.99. The van der Waals surface area contributed by atoms with Crippen molar-refractivity contribution < 1.29 is 9.59 Å².